The van der Waals surface area contributed by atoms with Gasteiger partial charge < -0.3 is 5.11 Å². The summed E-state index contributed by atoms with van der Waals surface area (Å²) >= 11 is 5.57. The van der Waals surface area contributed by atoms with E-state index in [0.29, 0.717) is 5.56 Å². The van der Waals surface area contributed by atoms with E-state index >= 15 is 0 Å². The summed E-state index contributed by atoms with van der Waals surface area (Å²) in [5.41, 5.74) is 1.54. The predicted octanol–water partition coefficient (Wildman–Crippen LogP) is 3.34. The Morgan fingerprint density at radius 1 is 1.13 bits per heavy atom. The highest BCUT2D eigenvalue weighted by Gasteiger charge is 2.01. The van der Waals surface area contributed by atoms with Crippen molar-refractivity contribution in [1.29, 1.82) is 0 Å². The molecule has 2 nitrogen and oxygen atoms in total. The fourth-order valence-electron chi connectivity index (χ4n) is 1.41. The standard InChI is InChI=1S/C12H15ClO2/c13-9-3-1-2-4-10-5-7-11(8-6-10)12(14)15/h5-8H,1-4,9H2,(H,14,15). The van der Waals surface area contributed by atoms with Crippen LogP contribution >= 0.6 is 11.6 Å². The molecule has 0 saturated heterocycles. The summed E-state index contributed by atoms with van der Waals surface area (Å²) in [5, 5.41) is 8.71. The van der Waals surface area contributed by atoms with E-state index in [1.165, 1.54) is 5.56 Å². The maximum Gasteiger partial charge on any atom is 0.335 e. The smallest absolute Gasteiger partial charge is 0.335 e. The molecular weight excluding hydrogens is 212 g/mol. The Morgan fingerprint density at radius 3 is 2.33 bits per heavy atom. The lowest BCUT2D eigenvalue weighted by molar-refractivity contribution is 0.0697. The van der Waals surface area contributed by atoms with Gasteiger partial charge in [-0.3, -0.25) is 0 Å². The van der Waals surface area contributed by atoms with Crippen LogP contribution in [0.4, 0.5) is 0 Å². The third-order valence-electron chi connectivity index (χ3n) is 2.30. The number of halogens is 1. The van der Waals surface area contributed by atoms with E-state index < -0.39 is 5.97 Å². The number of aromatic carboxylic acids is 1. The van der Waals surface area contributed by atoms with Crippen molar-refractivity contribution in [2.45, 2.75) is 25.7 Å². The molecule has 1 aromatic rings. The summed E-state index contributed by atoms with van der Waals surface area (Å²) in [6.07, 6.45) is 4.29. The fourth-order valence-corrected chi connectivity index (χ4v) is 1.60. The second kappa shape index (κ2) is 6.46. The van der Waals surface area contributed by atoms with Gasteiger partial charge in [0.25, 0.3) is 0 Å². The summed E-state index contributed by atoms with van der Waals surface area (Å²) in [6, 6.07) is 7.06. The van der Waals surface area contributed by atoms with E-state index in [0.717, 1.165) is 31.6 Å². The van der Waals surface area contributed by atoms with Crippen molar-refractivity contribution in [1.82, 2.24) is 0 Å². The summed E-state index contributed by atoms with van der Waals surface area (Å²) in [6.45, 7) is 0. The highest BCUT2D eigenvalue weighted by atomic mass is 35.5. The van der Waals surface area contributed by atoms with Gasteiger partial charge in [0.1, 0.15) is 0 Å². The second-order valence-corrected chi connectivity index (χ2v) is 3.88. The lowest BCUT2D eigenvalue weighted by Gasteiger charge is -2.01. The van der Waals surface area contributed by atoms with Gasteiger partial charge >= 0.3 is 5.97 Å². The van der Waals surface area contributed by atoms with Crippen LogP contribution in [0.1, 0.15) is 35.2 Å². The van der Waals surface area contributed by atoms with Crippen LogP contribution in [-0.2, 0) is 6.42 Å². The monoisotopic (exact) mass is 226 g/mol. The number of unbranched alkanes of at least 4 members (excludes halogenated alkanes) is 2. The molecule has 0 spiro atoms. The van der Waals surface area contributed by atoms with Gasteiger partial charge in [-0.25, -0.2) is 4.79 Å². The zero-order valence-corrected chi connectivity index (χ0v) is 9.33. The number of carboxylic acid groups (broad SMARTS) is 1. The lowest BCUT2D eigenvalue weighted by Crippen LogP contribution is -1.96. The van der Waals surface area contributed by atoms with Gasteiger partial charge in [0.2, 0.25) is 0 Å². The normalized spacial score (nSPS) is 10.2. The van der Waals surface area contributed by atoms with Crippen molar-refractivity contribution in [3.05, 3.63) is 35.4 Å². The molecule has 0 atom stereocenters. The van der Waals surface area contributed by atoms with E-state index in [-0.39, 0.29) is 0 Å². The average molecular weight is 227 g/mol. The summed E-state index contributed by atoms with van der Waals surface area (Å²) in [4.78, 5) is 10.6. The fraction of sp³-hybridized carbons (Fsp3) is 0.417. The minimum Gasteiger partial charge on any atom is -0.478 e. The highest BCUT2D eigenvalue weighted by molar-refractivity contribution is 6.17. The Bertz CT molecular complexity index is 306. The molecule has 0 unspecified atom stereocenters. The average Bonchev–Trinajstić information content (AvgIpc) is 2.25. The van der Waals surface area contributed by atoms with E-state index in [9.17, 15) is 4.79 Å². The number of hydrogen-bond acceptors (Lipinski definition) is 1. The largest absolute Gasteiger partial charge is 0.478 e. The molecule has 0 fully saturated rings. The maximum atomic E-state index is 10.6. The first-order valence-corrected chi connectivity index (χ1v) is 5.65. The van der Waals surface area contributed by atoms with Gasteiger partial charge in [-0.05, 0) is 37.0 Å². The van der Waals surface area contributed by atoms with Gasteiger partial charge in [-0.15, -0.1) is 11.6 Å². The Hall–Kier alpha value is -1.02. The van der Waals surface area contributed by atoms with Crippen LogP contribution in [0.15, 0.2) is 24.3 Å². The molecule has 3 heteroatoms. The predicted molar refractivity (Wildman–Crippen MR) is 61.7 cm³/mol. The summed E-state index contributed by atoms with van der Waals surface area (Å²) in [5.74, 6) is -0.151. The highest BCUT2D eigenvalue weighted by Crippen LogP contribution is 2.09. The van der Waals surface area contributed by atoms with E-state index in [1.54, 1.807) is 12.1 Å². The van der Waals surface area contributed by atoms with Crippen molar-refractivity contribution in [3.63, 3.8) is 0 Å². The number of carboxylic acids is 1. The minimum atomic E-state index is -0.872. The molecule has 0 aromatic heterocycles. The third kappa shape index (κ3) is 4.34. The number of carbonyl (C=O) groups is 1. The maximum absolute atomic E-state index is 10.6. The Kier molecular flexibility index (Phi) is 5.19. The van der Waals surface area contributed by atoms with Crippen LogP contribution in [0.5, 0.6) is 0 Å². The van der Waals surface area contributed by atoms with E-state index in [4.69, 9.17) is 16.7 Å². The number of rotatable bonds is 6. The molecule has 0 aliphatic carbocycles. The molecule has 0 amide bonds. The van der Waals surface area contributed by atoms with Crippen molar-refractivity contribution in [3.8, 4) is 0 Å². The van der Waals surface area contributed by atoms with E-state index in [1.807, 2.05) is 12.1 Å². The SMILES string of the molecule is O=C(O)c1ccc(CCCCCCl)cc1. The molecule has 0 heterocycles. The Labute approximate surface area is 94.9 Å². The molecule has 0 aliphatic rings. The summed E-state index contributed by atoms with van der Waals surface area (Å²) < 4.78 is 0. The first kappa shape index (κ1) is 12.1. The van der Waals surface area contributed by atoms with E-state index in [2.05, 4.69) is 0 Å². The molecule has 1 N–H and O–H groups in total. The van der Waals surface area contributed by atoms with Crippen molar-refractivity contribution in [2.75, 3.05) is 5.88 Å². The van der Waals surface area contributed by atoms with Gasteiger partial charge in [-0.2, -0.15) is 0 Å². The molecule has 0 aliphatic heterocycles. The number of alkyl halides is 1. The van der Waals surface area contributed by atoms with Gasteiger partial charge in [0.05, 0.1) is 5.56 Å². The molecule has 82 valence electrons. The van der Waals surface area contributed by atoms with Gasteiger partial charge in [0.15, 0.2) is 0 Å². The molecule has 0 bridgehead atoms. The lowest BCUT2D eigenvalue weighted by atomic mass is 10.1. The molecule has 1 rings (SSSR count). The van der Waals surface area contributed by atoms with Crippen molar-refractivity contribution < 1.29 is 9.90 Å². The second-order valence-electron chi connectivity index (χ2n) is 3.50. The molecule has 1 aromatic carbocycles. The first-order valence-electron chi connectivity index (χ1n) is 5.12. The van der Waals surface area contributed by atoms with Gasteiger partial charge in [-0.1, -0.05) is 18.6 Å². The first-order chi connectivity index (χ1) is 7.24. The third-order valence-corrected chi connectivity index (χ3v) is 2.57. The van der Waals surface area contributed by atoms with Crippen LogP contribution < -0.4 is 0 Å². The molecule has 0 saturated carbocycles. The topological polar surface area (TPSA) is 37.3 Å². The van der Waals surface area contributed by atoms with Crippen LogP contribution in [0.3, 0.4) is 0 Å². The summed E-state index contributed by atoms with van der Waals surface area (Å²) in [7, 11) is 0. The number of aryl methyl sites for hydroxylation is 1. The zero-order valence-electron chi connectivity index (χ0n) is 8.58. The van der Waals surface area contributed by atoms with Crippen molar-refractivity contribution >= 4 is 17.6 Å². The number of benzene rings is 1. The van der Waals surface area contributed by atoms with Crippen LogP contribution in [0.2, 0.25) is 0 Å². The van der Waals surface area contributed by atoms with Crippen LogP contribution in [-0.4, -0.2) is 17.0 Å². The molecule has 15 heavy (non-hydrogen) atoms. The van der Waals surface area contributed by atoms with Crippen molar-refractivity contribution in [2.24, 2.45) is 0 Å². The molecule has 0 radical (unpaired) electrons. The van der Waals surface area contributed by atoms with Gasteiger partial charge in [0, 0.05) is 5.88 Å². The molecular formula is C12H15ClO2. The Balaban J connectivity index is 2.39. The Morgan fingerprint density at radius 2 is 1.80 bits per heavy atom. The van der Waals surface area contributed by atoms with Crippen LogP contribution in [0.25, 0.3) is 0 Å². The zero-order chi connectivity index (χ0) is 11.1. The minimum absolute atomic E-state index is 0.347. The quantitative estimate of drug-likeness (QED) is 0.597. The number of hydrogen-bond donors (Lipinski definition) is 1. The van der Waals surface area contributed by atoms with Crippen LogP contribution in [0, 0.1) is 0 Å².